The number of aliphatic carboxylic acids is 1. The standard InChI is InChI=1S/C17H20F3N3O4/c1-3-6-22(9-15(25)26)10(2)16(27)23-8-14(24)21-12-7-11(17(18,19)20)4-5-13(12)23/h4-5,7,10H,3,6,8-9H2,1-2H3,(H,21,24)(H,25,26). The minimum atomic E-state index is -4.58. The van der Waals surface area contributed by atoms with Gasteiger partial charge in [-0.05, 0) is 38.1 Å². The van der Waals surface area contributed by atoms with E-state index < -0.39 is 35.6 Å². The molecule has 27 heavy (non-hydrogen) atoms. The molecule has 1 aromatic rings. The van der Waals surface area contributed by atoms with Crippen molar-refractivity contribution in [1.82, 2.24) is 4.90 Å². The lowest BCUT2D eigenvalue weighted by molar-refractivity contribution is -0.140. The molecule has 2 rings (SSSR count). The minimum absolute atomic E-state index is 0.109. The number of fused-ring (bicyclic) bond motifs is 1. The number of carboxylic acids is 1. The van der Waals surface area contributed by atoms with Gasteiger partial charge in [0, 0.05) is 0 Å². The Morgan fingerprint density at radius 2 is 2.04 bits per heavy atom. The molecule has 1 atom stereocenters. The van der Waals surface area contributed by atoms with Crippen molar-refractivity contribution in [2.75, 3.05) is 29.9 Å². The maximum absolute atomic E-state index is 12.9. The van der Waals surface area contributed by atoms with Crippen LogP contribution in [0.3, 0.4) is 0 Å². The molecule has 2 amide bonds. The van der Waals surface area contributed by atoms with E-state index in [0.29, 0.717) is 13.0 Å². The molecule has 0 fully saturated rings. The third kappa shape index (κ3) is 4.76. The van der Waals surface area contributed by atoms with Crippen LogP contribution in [0.4, 0.5) is 24.5 Å². The summed E-state index contributed by atoms with van der Waals surface area (Å²) in [5.41, 5.74) is -0.907. The predicted octanol–water partition coefficient (Wildman–Crippen LogP) is 2.18. The number of rotatable bonds is 6. The van der Waals surface area contributed by atoms with Crippen molar-refractivity contribution in [3.63, 3.8) is 0 Å². The molecule has 148 valence electrons. The molecule has 2 N–H and O–H groups in total. The Morgan fingerprint density at radius 3 is 2.59 bits per heavy atom. The molecule has 0 spiro atoms. The van der Waals surface area contributed by atoms with E-state index in [2.05, 4.69) is 5.32 Å². The highest BCUT2D eigenvalue weighted by Gasteiger charge is 2.36. The molecule has 0 saturated carbocycles. The molecular formula is C17H20F3N3O4. The highest BCUT2D eigenvalue weighted by atomic mass is 19.4. The van der Waals surface area contributed by atoms with Gasteiger partial charge < -0.3 is 10.4 Å². The fourth-order valence-electron chi connectivity index (χ4n) is 2.92. The van der Waals surface area contributed by atoms with E-state index in [0.717, 1.165) is 23.1 Å². The fourth-order valence-corrected chi connectivity index (χ4v) is 2.92. The first-order valence-electron chi connectivity index (χ1n) is 8.33. The van der Waals surface area contributed by atoms with Gasteiger partial charge in [0.2, 0.25) is 11.8 Å². The monoisotopic (exact) mass is 387 g/mol. The number of amides is 2. The number of hydrogen-bond donors (Lipinski definition) is 2. The normalized spacial score (nSPS) is 15.3. The van der Waals surface area contributed by atoms with Crippen molar-refractivity contribution >= 4 is 29.2 Å². The highest BCUT2D eigenvalue weighted by Crippen LogP contribution is 2.37. The van der Waals surface area contributed by atoms with Crippen LogP contribution in [0.1, 0.15) is 25.8 Å². The summed E-state index contributed by atoms with van der Waals surface area (Å²) in [6, 6.07) is 1.88. The van der Waals surface area contributed by atoms with Crippen molar-refractivity contribution in [3.05, 3.63) is 23.8 Å². The van der Waals surface area contributed by atoms with E-state index >= 15 is 0 Å². The SMILES string of the molecule is CCCN(CC(=O)O)C(C)C(=O)N1CC(=O)Nc2cc(C(F)(F)F)ccc21. The highest BCUT2D eigenvalue weighted by molar-refractivity contribution is 6.11. The van der Waals surface area contributed by atoms with Gasteiger partial charge in [-0.15, -0.1) is 0 Å². The third-order valence-corrected chi connectivity index (χ3v) is 4.21. The maximum atomic E-state index is 12.9. The third-order valence-electron chi connectivity index (χ3n) is 4.21. The van der Waals surface area contributed by atoms with Crippen LogP contribution in [0.2, 0.25) is 0 Å². The van der Waals surface area contributed by atoms with E-state index in [9.17, 15) is 27.6 Å². The maximum Gasteiger partial charge on any atom is 0.416 e. The Hall–Kier alpha value is -2.62. The van der Waals surface area contributed by atoms with Crippen LogP contribution in [0.25, 0.3) is 0 Å². The number of halogens is 3. The Morgan fingerprint density at radius 1 is 1.37 bits per heavy atom. The van der Waals surface area contributed by atoms with E-state index in [1.54, 1.807) is 0 Å². The molecule has 0 aliphatic carbocycles. The van der Waals surface area contributed by atoms with Crippen molar-refractivity contribution < 1.29 is 32.7 Å². The van der Waals surface area contributed by atoms with E-state index in [-0.39, 0.29) is 24.5 Å². The fraction of sp³-hybridized carbons (Fsp3) is 0.471. The summed E-state index contributed by atoms with van der Waals surface area (Å²) in [6.07, 6.45) is -3.98. The Bertz CT molecular complexity index is 751. The molecule has 1 aliphatic heterocycles. The molecule has 0 aromatic heterocycles. The lowest BCUT2D eigenvalue weighted by atomic mass is 10.1. The molecule has 0 radical (unpaired) electrons. The van der Waals surface area contributed by atoms with Gasteiger partial charge >= 0.3 is 12.1 Å². The van der Waals surface area contributed by atoms with Gasteiger partial charge in [-0.1, -0.05) is 6.92 Å². The first-order chi connectivity index (χ1) is 12.5. The van der Waals surface area contributed by atoms with E-state index in [1.165, 1.54) is 11.8 Å². The molecule has 1 aliphatic rings. The average Bonchev–Trinajstić information content (AvgIpc) is 2.57. The summed E-state index contributed by atoms with van der Waals surface area (Å²) >= 11 is 0. The molecule has 0 bridgehead atoms. The molecule has 1 heterocycles. The number of alkyl halides is 3. The number of carboxylic acid groups (broad SMARTS) is 1. The second kappa shape index (κ2) is 7.95. The Kier molecular flexibility index (Phi) is 6.09. The first kappa shape index (κ1) is 20.7. The summed E-state index contributed by atoms with van der Waals surface area (Å²) in [5, 5.41) is 11.4. The van der Waals surface area contributed by atoms with Gasteiger partial charge in [0.05, 0.1) is 29.5 Å². The van der Waals surface area contributed by atoms with Gasteiger partial charge in [-0.2, -0.15) is 13.2 Å². The van der Waals surface area contributed by atoms with Gasteiger partial charge in [0.1, 0.15) is 6.54 Å². The number of carbonyl (C=O) groups is 3. The topological polar surface area (TPSA) is 90.0 Å². The Balaban J connectivity index is 2.34. The first-order valence-corrected chi connectivity index (χ1v) is 8.33. The van der Waals surface area contributed by atoms with Crippen molar-refractivity contribution in [1.29, 1.82) is 0 Å². The van der Waals surface area contributed by atoms with Crippen LogP contribution in [0, 0.1) is 0 Å². The van der Waals surface area contributed by atoms with Crippen LogP contribution in [0.5, 0.6) is 0 Å². The van der Waals surface area contributed by atoms with Crippen LogP contribution in [-0.4, -0.2) is 53.5 Å². The molecule has 1 unspecified atom stereocenters. The number of hydrogen-bond acceptors (Lipinski definition) is 4. The van der Waals surface area contributed by atoms with Crippen LogP contribution in [0.15, 0.2) is 18.2 Å². The second-order valence-electron chi connectivity index (χ2n) is 6.24. The van der Waals surface area contributed by atoms with E-state index in [4.69, 9.17) is 5.11 Å². The lowest BCUT2D eigenvalue weighted by Gasteiger charge is -2.34. The van der Waals surface area contributed by atoms with Crippen LogP contribution >= 0.6 is 0 Å². The molecule has 0 saturated heterocycles. The largest absolute Gasteiger partial charge is 0.480 e. The summed E-state index contributed by atoms with van der Waals surface area (Å²) in [5.74, 6) is -2.28. The molecule has 7 nitrogen and oxygen atoms in total. The molecule has 10 heteroatoms. The zero-order valence-corrected chi connectivity index (χ0v) is 14.8. The number of benzene rings is 1. The Labute approximate surface area is 153 Å². The number of anilines is 2. The summed E-state index contributed by atoms with van der Waals surface area (Å²) in [7, 11) is 0. The molecular weight excluding hydrogens is 367 g/mol. The van der Waals surface area contributed by atoms with Crippen LogP contribution in [-0.2, 0) is 20.6 Å². The quantitative estimate of drug-likeness (QED) is 0.781. The van der Waals surface area contributed by atoms with Crippen molar-refractivity contribution in [3.8, 4) is 0 Å². The summed E-state index contributed by atoms with van der Waals surface area (Å²) in [4.78, 5) is 38.3. The van der Waals surface area contributed by atoms with Crippen molar-refractivity contribution in [2.24, 2.45) is 0 Å². The average molecular weight is 387 g/mol. The zero-order chi connectivity index (χ0) is 20.4. The smallest absolute Gasteiger partial charge is 0.416 e. The van der Waals surface area contributed by atoms with Gasteiger partial charge in [-0.3, -0.25) is 24.2 Å². The number of nitrogens with zero attached hydrogens (tertiary/aromatic N) is 2. The van der Waals surface area contributed by atoms with Gasteiger partial charge in [-0.25, -0.2) is 0 Å². The lowest BCUT2D eigenvalue weighted by Crippen LogP contribution is -2.52. The van der Waals surface area contributed by atoms with E-state index in [1.807, 2.05) is 6.92 Å². The van der Waals surface area contributed by atoms with Gasteiger partial charge in [0.25, 0.3) is 0 Å². The second-order valence-corrected chi connectivity index (χ2v) is 6.24. The summed E-state index contributed by atoms with van der Waals surface area (Å²) in [6.45, 7) is 2.97. The number of nitrogens with one attached hydrogen (secondary N) is 1. The van der Waals surface area contributed by atoms with Crippen LogP contribution < -0.4 is 10.2 Å². The predicted molar refractivity (Wildman–Crippen MR) is 91.4 cm³/mol. The van der Waals surface area contributed by atoms with Crippen molar-refractivity contribution in [2.45, 2.75) is 32.5 Å². The summed E-state index contributed by atoms with van der Waals surface area (Å²) < 4.78 is 38.7. The zero-order valence-electron chi connectivity index (χ0n) is 14.8. The molecule has 1 aromatic carbocycles. The van der Waals surface area contributed by atoms with Gasteiger partial charge in [0.15, 0.2) is 0 Å². The number of carbonyl (C=O) groups excluding carboxylic acids is 2. The minimum Gasteiger partial charge on any atom is -0.480 e.